The van der Waals surface area contributed by atoms with Gasteiger partial charge in [-0.05, 0) is 25.0 Å². The van der Waals surface area contributed by atoms with Gasteiger partial charge < -0.3 is 15.8 Å². The fraction of sp³-hybridized carbons (Fsp3) is 0.353. The highest BCUT2D eigenvalue weighted by Crippen LogP contribution is 2.31. The highest BCUT2D eigenvalue weighted by molar-refractivity contribution is 7.13. The summed E-state index contributed by atoms with van der Waals surface area (Å²) in [5.41, 5.74) is 5.84. The van der Waals surface area contributed by atoms with Gasteiger partial charge in [-0.1, -0.05) is 29.3 Å². The standard InChI is InChI=1S/C17H17Cl2N3O3S/c18-11-2-1-10(7-12(11)19)15-22-13(8-26-15)14(23)21-9-17(16(20)24)3-5-25-6-4-17/h1-2,7-8H,3-6,9H2,(H2,20,24)(H,21,23). The van der Waals surface area contributed by atoms with Crippen LogP contribution in [0.3, 0.4) is 0 Å². The topological polar surface area (TPSA) is 94.3 Å². The van der Waals surface area contributed by atoms with E-state index < -0.39 is 11.3 Å². The third-order valence-electron chi connectivity index (χ3n) is 4.46. The maximum Gasteiger partial charge on any atom is 0.270 e. The summed E-state index contributed by atoms with van der Waals surface area (Å²) in [5.74, 6) is -0.768. The molecule has 26 heavy (non-hydrogen) atoms. The Labute approximate surface area is 164 Å². The molecule has 6 nitrogen and oxygen atoms in total. The Morgan fingerprint density at radius 3 is 2.65 bits per heavy atom. The van der Waals surface area contributed by atoms with Crippen molar-refractivity contribution >= 4 is 46.4 Å². The van der Waals surface area contributed by atoms with Crippen molar-refractivity contribution in [1.29, 1.82) is 0 Å². The monoisotopic (exact) mass is 413 g/mol. The van der Waals surface area contributed by atoms with Crippen LogP contribution in [0.15, 0.2) is 23.6 Å². The number of halogens is 2. The number of rotatable bonds is 5. The fourth-order valence-corrected chi connectivity index (χ4v) is 3.85. The molecule has 0 spiro atoms. The van der Waals surface area contributed by atoms with Crippen molar-refractivity contribution in [2.24, 2.45) is 11.1 Å². The van der Waals surface area contributed by atoms with Crippen LogP contribution in [0.4, 0.5) is 0 Å². The molecule has 1 aliphatic heterocycles. The lowest BCUT2D eigenvalue weighted by atomic mass is 9.79. The maximum atomic E-state index is 12.4. The van der Waals surface area contributed by atoms with Gasteiger partial charge in [0.1, 0.15) is 10.7 Å². The zero-order valence-electron chi connectivity index (χ0n) is 13.8. The Morgan fingerprint density at radius 2 is 2.00 bits per heavy atom. The molecule has 9 heteroatoms. The molecule has 0 radical (unpaired) electrons. The van der Waals surface area contributed by atoms with E-state index in [1.807, 2.05) is 0 Å². The third kappa shape index (κ3) is 4.01. The van der Waals surface area contributed by atoms with E-state index in [2.05, 4.69) is 10.3 Å². The molecule has 3 rings (SSSR count). The van der Waals surface area contributed by atoms with E-state index in [9.17, 15) is 9.59 Å². The normalized spacial score (nSPS) is 16.2. The van der Waals surface area contributed by atoms with Gasteiger partial charge in [0.2, 0.25) is 5.91 Å². The summed E-state index contributed by atoms with van der Waals surface area (Å²) in [4.78, 5) is 28.6. The van der Waals surface area contributed by atoms with Gasteiger partial charge in [0.15, 0.2) is 0 Å². The molecule has 138 valence electrons. The van der Waals surface area contributed by atoms with E-state index >= 15 is 0 Å². The van der Waals surface area contributed by atoms with Crippen LogP contribution in [0, 0.1) is 5.41 Å². The molecule has 1 saturated heterocycles. The number of carbonyl (C=O) groups is 2. The van der Waals surface area contributed by atoms with Crippen molar-refractivity contribution in [2.75, 3.05) is 19.8 Å². The molecular weight excluding hydrogens is 397 g/mol. The quantitative estimate of drug-likeness (QED) is 0.786. The smallest absolute Gasteiger partial charge is 0.270 e. The number of hydrogen-bond donors (Lipinski definition) is 2. The number of amides is 2. The van der Waals surface area contributed by atoms with Crippen molar-refractivity contribution in [3.63, 3.8) is 0 Å². The van der Waals surface area contributed by atoms with E-state index in [1.54, 1.807) is 23.6 Å². The lowest BCUT2D eigenvalue weighted by Gasteiger charge is -2.34. The fourth-order valence-electron chi connectivity index (χ4n) is 2.75. The van der Waals surface area contributed by atoms with E-state index in [0.29, 0.717) is 41.1 Å². The van der Waals surface area contributed by atoms with Crippen molar-refractivity contribution in [3.05, 3.63) is 39.3 Å². The predicted octanol–water partition coefficient (Wildman–Crippen LogP) is 3.13. The average molecular weight is 414 g/mol. The molecule has 1 aromatic carbocycles. The zero-order chi connectivity index (χ0) is 18.7. The third-order valence-corrected chi connectivity index (χ3v) is 6.09. The average Bonchev–Trinajstić information content (AvgIpc) is 3.13. The molecule has 1 aliphatic rings. The first-order chi connectivity index (χ1) is 12.4. The summed E-state index contributed by atoms with van der Waals surface area (Å²) < 4.78 is 5.29. The number of thiazole rings is 1. The SMILES string of the molecule is NC(=O)C1(CNC(=O)c2csc(-c3ccc(Cl)c(Cl)c3)n2)CCOCC1. The Bertz CT molecular complexity index is 834. The van der Waals surface area contributed by atoms with Crippen LogP contribution in [-0.4, -0.2) is 36.6 Å². The van der Waals surface area contributed by atoms with Gasteiger partial charge in [0, 0.05) is 30.7 Å². The summed E-state index contributed by atoms with van der Waals surface area (Å²) in [6, 6.07) is 5.18. The molecule has 0 atom stereocenters. The van der Waals surface area contributed by atoms with Crippen LogP contribution >= 0.6 is 34.5 Å². The first kappa shape index (κ1) is 19.1. The minimum Gasteiger partial charge on any atom is -0.381 e. The van der Waals surface area contributed by atoms with Crippen LogP contribution < -0.4 is 11.1 Å². The van der Waals surface area contributed by atoms with Gasteiger partial charge in [0.25, 0.3) is 5.91 Å². The molecule has 0 bridgehead atoms. The van der Waals surface area contributed by atoms with Gasteiger partial charge in [-0.25, -0.2) is 4.98 Å². The van der Waals surface area contributed by atoms with E-state index in [4.69, 9.17) is 33.7 Å². The van der Waals surface area contributed by atoms with Gasteiger partial charge in [-0.2, -0.15) is 0 Å². The van der Waals surface area contributed by atoms with E-state index in [0.717, 1.165) is 5.56 Å². The number of nitrogens with zero attached hydrogens (tertiary/aromatic N) is 1. The largest absolute Gasteiger partial charge is 0.381 e. The highest BCUT2D eigenvalue weighted by Gasteiger charge is 2.38. The van der Waals surface area contributed by atoms with Crippen LogP contribution in [0.2, 0.25) is 10.0 Å². The number of hydrogen-bond acceptors (Lipinski definition) is 5. The molecule has 1 fully saturated rings. The number of benzene rings is 1. The highest BCUT2D eigenvalue weighted by atomic mass is 35.5. The molecule has 3 N–H and O–H groups in total. The van der Waals surface area contributed by atoms with E-state index in [-0.39, 0.29) is 18.1 Å². The van der Waals surface area contributed by atoms with E-state index in [1.165, 1.54) is 11.3 Å². The van der Waals surface area contributed by atoms with Crippen LogP contribution in [-0.2, 0) is 9.53 Å². The maximum absolute atomic E-state index is 12.4. The lowest BCUT2D eigenvalue weighted by molar-refractivity contribution is -0.132. The number of aromatic nitrogens is 1. The van der Waals surface area contributed by atoms with Crippen LogP contribution in [0.5, 0.6) is 0 Å². The Kier molecular flexibility index (Phi) is 5.82. The molecule has 0 saturated carbocycles. The molecule has 0 unspecified atom stereocenters. The second-order valence-corrected chi connectivity index (χ2v) is 7.78. The molecule has 2 heterocycles. The summed E-state index contributed by atoms with van der Waals surface area (Å²) in [6.07, 6.45) is 0.988. The van der Waals surface area contributed by atoms with Crippen molar-refractivity contribution < 1.29 is 14.3 Å². The summed E-state index contributed by atoms with van der Waals surface area (Å²) in [7, 11) is 0. The number of ether oxygens (including phenoxy) is 1. The lowest BCUT2D eigenvalue weighted by Crippen LogP contribution is -2.49. The minimum atomic E-state index is -0.767. The molecule has 2 amide bonds. The minimum absolute atomic E-state index is 0.171. The molecule has 2 aromatic rings. The predicted molar refractivity (Wildman–Crippen MR) is 102 cm³/mol. The number of carbonyl (C=O) groups excluding carboxylic acids is 2. The Morgan fingerprint density at radius 1 is 1.27 bits per heavy atom. The first-order valence-electron chi connectivity index (χ1n) is 7.98. The van der Waals surface area contributed by atoms with Gasteiger partial charge >= 0.3 is 0 Å². The second-order valence-electron chi connectivity index (χ2n) is 6.11. The second kappa shape index (κ2) is 7.92. The van der Waals surface area contributed by atoms with Gasteiger partial charge in [-0.15, -0.1) is 11.3 Å². The Hall–Kier alpha value is -1.67. The molecule has 0 aliphatic carbocycles. The van der Waals surface area contributed by atoms with Gasteiger partial charge in [0.05, 0.1) is 15.5 Å². The van der Waals surface area contributed by atoms with Gasteiger partial charge in [-0.3, -0.25) is 9.59 Å². The van der Waals surface area contributed by atoms with Crippen LogP contribution in [0.1, 0.15) is 23.3 Å². The Balaban J connectivity index is 1.70. The first-order valence-corrected chi connectivity index (χ1v) is 9.62. The van der Waals surface area contributed by atoms with Crippen molar-refractivity contribution in [1.82, 2.24) is 10.3 Å². The van der Waals surface area contributed by atoms with Crippen molar-refractivity contribution in [2.45, 2.75) is 12.8 Å². The molecular formula is C17H17Cl2N3O3S. The molecule has 1 aromatic heterocycles. The number of primary amides is 1. The summed E-state index contributed by atoms with van der Waals surface area (Å²) in [5, 5.41) is 5.98. The summed E-state index contributed by atoms with van der Waals surface area (Å²) >= 11 is 13.3. The summed E-state index contributed by atoms with van der Waals surface area (Å²) in [6.45, 7) is 1.08. The van der Waals surface area contributed by atoms with Crippen molar-refractivity contribution in [3.8, 4) is 10.6 Å². The number of nitrogens with one attached hydrogen (secondary N) is 1. The zero-order valence-corrected chi connectivity index (χ0v) is 16.1. The number of nitrogens with two attached hydrogens (primary N) is 1. The van der Waals surface area contributed by atoms with Crippen LogP contribution in [0.25, 0.3) is 10.6 Å².